The van der Waals surface area contributed by atoms with E-state index in [1.807, 2.05) is 0 Å². The highest BCUT2D eigenvalue weighted by atomic mass is 16.5. The van der Waals surface area contributed by atoms with Crippen LogP contribution in [0.1, 0.15) is 47.0 Å². The lowest BCUT2D eigenvalue weighted by Crippen LogP contribution is -2.46. The summed E-state index contributed by atoms with van der Waals surface area (Å²) < 4.78 is 14.6. The molecule has 2 N–H and O–H groups in total. The molecule has 0 heterocycles. The van der Waals surface area contributed by atoms with Crippen LogP contribution in [0.25, 0.3) is 0 Å². The molecule has 0 spiro atoms. The summed E-state index contributed by atoms with van der Waals surface area (Å²) in [6, 6.07) is -1.53. The molecule has 25 heavy (non-hydrogen) atoms. The van der Waals surface area contributed by atoms with E-state index in [1.54, 1.807) is 27.7 Å². The van der Waals surface area contributed by atoms with Crippen molar-refractivity contribution in [1.29, 1.82) is 0 Å². The van der Waals surface area contributed by atoms with Gasteiger partial charge >= 0.3 is 17.9 Å². The lowest BCUT2D eigenvalue weighted by Gasteiger charge is -2.20. The van der Waals surface area contributed by atoms with Crippen molar-refractivity contribution in [3.63, 3.8) is 0 Å². The van der Waals surface area contributed by atoms with Crippen molar-refractivity contribution in [2.75, 3.05) is 26.9 Å². The van der Waals surface area contributed by atoms with Crippen LogP contribution in [-0.2, 0) is 28.6 Å². The smallest absolute Gasteiger partial charge is 0.322 e. The third-order valence-corrected chi connectivity index (χ3v) is 3.59. The van der Waals surface area contributed by atoms with E-state index in [4.69, 9.17) is 14.2 Å². The van der Waals surface area contributed by atoms with E-state index >= 15 is 0 Å². The number of nitrogens with one attached hydrogen (secondary N) is 2. The van der Waals surface area contributed by atoms with Gasteiger partial charge in [-0.25, -0.2) is 0 Å². The zero-order valence-corrected chi connectivity index (χ0v) is 15.9. The van der Waals surface area contributed by atoms with Crippen molar-refractivity contribution >= 4 is 17.9 Å². The molecular formula is C17H32N2O6. The van der Waals surface area contributed by atoms with Crippen LogP contribution in [-0.4, -0.2) is 62.9 Å². The second-order valence-electron chi connectivity index (χ2n) is 5.64. The van der Waals surface area contributed by atoms with E-state index in [0.29, 0.717) is 19.6 Å². The van der Waals surface area contributed by atoms with Gasteiger partial charge in [0.25, 0.3) is 0 Å². The molecule has 0 bridgehead atoms. The Morgan fingerprint density at radius 1 is 0.880 bits per heavy atom. The minimum Gasteiger partial charge on any atom is -0.468 e. The SMILES string of the molecule is CCOC(=O)C(C)NCCCC[C@H](NC(C)C(=O)OCC)C(=O)OC. The number of rotatable bonds is 13. The van der Waals surface area contributed by atoms with Gasteiger partial charge in [0.1, 0.15) is 18.1 Å². The number of ether oxygens (including phenoxy) is 3. The fourth-order valence-corrected chi connectivity index (χ4v) is 2.19. The van der Waals surface area contributed by atoms with Gasteiger partial charge in [-0.2, -0.15) is 0 Å². The summed E-state index contributed by atoms with van der Waals surface area (Å²) >= 11 is 0. The Labute approximate surface area is 150 Å². The third kappa shape index (κ3) is 10.0. The lowest BCUT2D eigenvalue weighted by atomic mass is 10.1. The molecule has 3 atom stereocenters. The molecule has 0 amide bonds. The summed E-state index contributed by atoms with van der Waals surface area (Å²) in [6.07, 6.45) is 2.02. The van der Waals surface area contributed by atoms with Crippen LogP contribution in [0.2, 0.25) is 0 Å². The number of carbonyl (C=O) groups is 3. The van der Waals surface area contributed by atoms with Crippen LogP contribution in [0.15, 0.2) is 0 Å². The molecule has 2 unspecified atom stereocenters. The topological polar surface area (TPSA) is 103 Å². The van der Waals surface area contributed by atoms with Gasteiger partial charge in [-0.3, -0.25) is 19.7 Å². The average molecular weight is 360 g/mol. The summed E-state index contributed by atoms with van der Waals surface area (Å²) in [5.41, 5.74) is 0. The van der Waals surface area contributed by atoms with Gasteiger partial charge in [0, 0.05) is 0 Å². The van der Waals surface area contributed by atoms with Gasteiger partial charge in [-0.15, -0.1) is 0 Å². The van der Waals surface area contributed by atoms with Crippen LogP contribution in [0.5, 0.6) is 0 Å². The first-order valence-corrected chi connectivity index (χ1v) is 8.77. The van der Waals surface area contributed by atoms with Crippen molar-refractivity contribution in [3.8, 4) is 0 Å². The molecule has 8 nitrogen and oxygen atoms in total. The molecule has 0 aromatic heterocycles. The molecule has 0 aliphatic carbocycles. The van der Waals surface area contributed by atoms with E-state index in [-0.39, 0.29) is 18.6 Å². The lowest BCUT2D eigenvalue weighted by molar-refractivity contribution is -0.148. The summed E-state index contributed by atoms with van der Waals surface area (Å²) in [4.78, 5) is 35.0. The molecule has 0 fully saturated rings. The molecule has 0 saturated carbocycles. The number of carbonyl (C=O) groups excluding carboxylic acids is 3. The Morgan fingerprint density at radius 2 is 1.44 bits per heavy atom. The number of methoxy groups -OCH3 is 1. The van der Waals surface area contributed by atoms with Crippen LogP contribution < -0.4 is 10.6 Å². The largest absolute Gasteiger partial charge is 0.468 e. The van der Waals surface area contributed by atoms with Crippen LogP contribution in [0.3, 0.4) is 0 Å². The fourth-order valence-electron chi connectivity index (χ4n) is 2.19. The summed E-state index contributed by atoms with van der Waals surface area (Å²) in [5.74, 6) is -1.09. The second-order valence-corrected chi connectivity index (χ2v) is 5.64. The highest BCUT2D eigenvalue weighted by Gasteiger charge is 2.24. The molecule has 8 heteroatoms. The summed E-state index contributed by atoms with van der Waals surface area (Å²) in [5, 5.41) is 6.02. The fraction of sp³-hybridized carbons (Fsp3) is 0.824. The minimum atomic E-state index is -0.592. The minimum absolute atomic E-state index is 0.278. The second kappa shape index (κ2) is 13.6. The van der Waals surface area contributed by atoms with Gasteiger partial charge in [0.05, 0.1) is 20.3 Å². The first-order valence-electron chi connectivity index (χ1n) is 8.77. The van der Waals surface area contributed by atoms with Crippen molar-refractivity contribution in [2.24, 2.45) is 0 Å². The van der Waals surface area contributed by atoms with Gasteiger partial charge < -0.3 is 19.5 Å². The van der Waals surface area contributed by atoms with Gasteiger partial charge in [0.2, 0.25) is 0 Å². The van der Waals surface area contributed by atoms with Crippen LogP contribution >= 0.6 is 0 Å². The van der Waals surface area contributed by atoms with Crippen molar-refractivity contribution < 1.29 is 28.6 Å². The predicted octanol–water partition coefficient (Wildman–Crippen LogP) is 0.781. The van der Waals surface area contributed by atoms with Crippen molar-refractivity contribution in [1.82, 2.24) is 10.6 Å². The van der Waals surface area contributed by atoms with E-state index < -0.39 is 24.0 Å². The number of hydrogen-bond donors (Lipinski definition) is 2. The molecule has 0 aromatic rings. The highest BCUT2D eigenvalue weighted by molar-refractivity contribution is 5.79. The molecule has 0 radical (unpaired) electrons. The Balaban J connectivity index is 4.22. The average Bonchev–Trinajstić information content (AvgIpc) is 2.59. The maximum absolute atomic E-state index is 11.8. The molecular weight excluding hydrogens is 328 g/mol. The quantitative estimate of drug-likeness (QED) is 0.282. The van der Waals surface area contributed by atoms with Crippen LogP contribution in [0, 0.1) is 0 Å². The maximum Gasteiger partial charge on any atom is 0.322 e. The van der Waals surface area contributed by atoms with E-state index in [0.717, 1.165) is 12.8 Å². The zero-order valence-electron chi connectivity index (χ0n) is 15.9. The molecule has 0 rings (SSSR count). The first-order chi connectivity index (χ1) is 11.9. The zero-order chi connectivity index (χ0) is 19.2. The van der Waals surface area contributed by atoms with Crippen LogP contribution in [0.4, 0.5) is 0 Å². The van der Waals surface area contributed by atoms with Crippen molar-refractivity contribution in [2.45, 2.75) is 65.1 Å². The summed E-state index contributed by atoms with van der Waals surface area (Å²) in [6.45, 7) is 8.16. The Kier molecular flexibility index (Phi) is 12.7. The predicted molar refractivity (Wildman–Crippen MR) is 93.0 cm³/mol. The molecule has 146 valence electrons. The molecule has 0 aliphatic heterocycles. The maximum atomic E-state index is 11.8. The highest BCUT2D eigenvalue weighted by Crippen LogP contribution is 2.05. The first kappa shape index (κ1) is 23.3. The molecule has 0 saturated heterocycles. The molecule has 0 aliphatic rings. The molecule has 0 aromatic carbocycles. The van der Waals surface area contributed by atoms with Crippen molar-refractivity contribution in [3.05, 3.63) is 0 Å². The van der Waals surface area contributed by atoms with E-state index in [9.17, 15) is 14.4 Å². The third-order valence-electron chi connectivity index (χ3n) is 3.59. The standard InChI is InChI=1S/C17H32N2O6/c1-6-24-15(20)12(3)18-11-9-8-10-14(17(22)23-5)19-13(4)16(21)25-7-2/h12-14,18-19H,6-11H2,1-5H3/t12?,13?,14-/m0/s1. The Bertz CT molecular complexity index is 416. The van der Waals surface area contributed by atoms with E-state index in [1.165, 1.54) is 7.11 Å². The van der Waals surface area contributed by atoms with Gasteiger partial charge in [-0.05, 0) is 47.1 Å². The monoisotopic (exact) mass is 360 g/mol. The Hall–Kier alpha value is -1.67. The number of hydrogen-bond acceptors (Lipinski definition) is 8. The number of unbranched alkanes of at least 4 members (excludes halogenated alkanes) is 1. The normalized spacial score (nSPS) is 14.3. The van der Waals surface area contributed by atoms with Gasteiger partial charge in [0.15, 0.2) is 0 Å². The number of esters is 3. The van der Waals surface area contributed by atoms with Gasteiger partial charge in [-0.1, -0.05) is 6.42 Å². The summed E-state index contributed by atoms with van der Waals surface area (Å²) in [7, 11) is 1.31. The Morgan fingerprint density at radius 3 is 1.96 bits per heavy atom. The van der Waals surface area contributed by atoms with E-state index in [2.05, 4.69) is 10.6 Å².